The van der Waals surface area contributed by atoms with Gasteiger partial charge in [-0.2, -0.15) is 0 Å². The molecule has 0 aliphatic rings. The van der Waals surface area contributed by atoms with Gasteiger partial charge in [0.25, 0.3) is 0 Å². The van der Waals surface area contributed by atoms with E-state index in [1.54, 1.807) is 0 Å². The zero-order valence-corrected chi connectivity index (χ0v) is 7.98. The van der Waals surface area contributed by atoms with Gasteiger partial charge in [-0.05, 0) is 24.3 Å². The molecule has 1 aromatic rings. The molecular weight excluding hydrogens is 217 g/mol. The molecule has 0 saturated heterocycles. The molecule has 0 fully saturated rings. The van der Waals surface area contributed by atoms with Gasteiger partial charge in [-0.25, -0.2) is 14.0 Å². The van der Waals surface area contributed by atoms with Crippen molar-refractivity contribution in [1.29, 1.82) is 0 Å². The quantitative estimate of drug-likeness (QED) is 0.408. The van der Waals surface area contributed by atoms with E-state index in [-0.39, 0.29) is 0 Å². The Hall–Kier alpha value is -2.37. The number of hydrogen-bond donors (Lipinski definition) is 3. The lowest BCUT2D eigenvalue weighted by atomic mass is 10.3. The van der Waals surface area contributed by atoms with Crippen molar-refractivity contribution < 1.29 is 24.2 Å². The monoisotopic (exact) mass is 225 g/mol. The SMILES string of the molecule is O=C(O)C(=CNc1ccc(F)cc1)C(=O)O. The first-order valence-corrected chi connectivity index (χ1v) is 4.19. The highest BCUT2D eigenvalue weighted by atomic mass is 19.1. The van der Waals surface area contributed by atoms with Crippen LogP contribution in [0.25, 0.3) is 0 Å². The van der Waals surface area contributed by atoms with Crippen LogP contribution in [0.1, 0.15) is 0 Å². The van der Waals surface area contributed by atoms with Gasteiger partial charge in [-0.1, -0.05) is 0 Å². The Labute approximate surface area is 89.8 Å². The molecule has 0 bridgehead atoms. The van der Waals surface area contributed by atoms with E-state index in [4.69, 9.17) is 10.2 Å². The van der Waals surface area contributed by atoms with Gasteiger partial charge in [0.1, 0.15) is 5.82 Å². The third-order valence-electron chi connectivity index (χ3n) is 1.69. The number of carboxylic acids is 2. The Kier molecular flexibility index (Phi) is 3.60. The van der Waals surface area contributed by atoms with Crippen LogP contribution in [0.5, 0.6) is 0 Å². The summed E-state index contributed by atoms with van der Waals surface area (Å²) in [5.74, 6) is -3.55. The highest BCUT2D eigenvalue weighted by Crippen LogP contribution is 2.08. The zero-order valence-electron chi connectivity index (χ0n) is 7.98. The van der Waals surface area contributed by atoms with E-state index >= 15 is 0 Å². The molecule has 16 heavy (non-hydrogen) atoms. The van der Waals surface area contributed by atoms with Crippen molar-refractivity contribution in [2.75, 3.05) is 5.32 Å². The summed E-state index contributed by atoms with van der Waals surface area (Å²) >= 11 is 0. The largest absolute Gasteiger partial charge is 0.477 e. The first kappa shape index (κ1) is 11.7. The summed E-state index contributed by atoms with van der Waals surface area (Å²) in [6.45, 7) is 0. The summed E-state index contributed by atoms with van der Waals surface area (Å²) in [5.41, 5.74) is -0.411. The number of rotatable bonds is 4. The molecule has 0 heterocycles. The van der Waals surface area contributed by atoms with Crippen molar-refractivity contribution in [3.05, 3.63) is 41.9 Å². The van der Waals surface area contributed by atoms with Gasteiger partial charge >= 0.3 is 11.9 Å². The van der Waals surface area contributed by atoms with Crippen LogP contribution in [-0.4, -0.2) is 22.2 Å². The fourth-order valence-corrected chi connectivity index (χ4v) is 0.917. The second-order valence-corrected chi connectivity index (χ2v) is 2.82. The lowest BCUT2D eigenvalue weighted by molar-refractivity contribution is -0.140. The Morgan fingerprint density at radius 3 is 2.06 bits per heavy atom. The molecule has 0 spiro atoms. The summed E-state index contributed by atoms with van der Waals surface area (Å²) in [6.07, 6.45) is 0.831. The predicted octanol–water partition coefficient (Wildman–Crippen LogP) is 1.29. The van der Waals surface area contributed by atoms with Crippen LogP contribution in [0.3, 0.4) is 0 Å². The molecule has 0 atom stereocenters. The number of carboxylic acid groups (broad SMARTS) is 2. The number of benzene rings is 1. The molecule has 6 heteroatoms. The molecule has 1 rings (SSSR count). The average molecular weight is 225 g/mol. The summed E-state index contributed by atoms with van der Waals surface area (Å²) in [6, 6.07) is 5.04. The zero-order chi connectivity index (χ0) is 12.1. The van der Waals surface area contributed by atoms with Gasteiger partial charge in [-0.15, -0.1) is 0 Å². The van der Waals surface area contributed by atoms with E-state index in [1.807, 2.05) is 0 Å². The van der Waals surface area contributed by atoms with Gasteiger partial charge in [-0.3, -0.25) is 0 Å². The fourth-order valence-electron chi connectivity index (χ4n) is 0.917. The van der Waals surface area contributed by atoms with E-state index < -0.39 is 23.3 Å². The van der Waals surface area contributed by atoms with Gasteiger partial charge < -0.3 is 15.5 Å². The summed E-state index contributed by atoms with van der Waals surface area (Å²) in [5, 5.41) is 19.5. The molecule has 0 aromatic heterocycles. The molecule has 0 aliphatic carbocycles. The van der Waals surface area contributed by atoms with E-state index in [0.717, 1.165) is 18.3 Å². The van der Waals surface area contributed by atoms with Gasteiger partial charge in [0.05, 0.1) is 0 Å². The van der Waals surface area contributed by atoms with Crippen molar-refractivity contribution in [3.8, 4) is 0 Å². The molecule has 0 saturated carbocycles. The fraction of sp³-hybridized carbons (Fsp3) is 0. The second kappa shape index (κ2) is 4.92. The van der Waals surface area contributed by atoms with Crippen LogP contribution in [-0.2, 0) is 9.59 Å². The van der Waals surface area contributed by atoms with Crippen molar-refractivity contribution in [2.24, 2.45) is 0 Å². The van der Waals surface area contributed by atoms with Crippen LogP contribution in [0.2, 0.25) is 0 Å². The number of carbonyl (C=O) groups is 2. The highest BCUT2D eigenvalue weighted by Gasteiger charge is 2.15. The molecular formula is C10H8FNO4. The van der Waals surface area contributed by atoms with Crippen LogP contribution in [0.4, 0.5) is 10.1 Å². The van der Waals surface area contributed by atoms with Crippen molar-refractivity contribution >= 4 is 17.6 Å². The smallest absolute Gasteiger partial charge is 0.344 e. The molecule has 84 valence electrons. The Balaban J connectivity index is 2.81. The number of halogens is 1. The maximum absolute atomic E-state index is 12.5. The molecule has 1 aromatic carbocycles. The van der Waals surface area contributed by atoms with E-state index in [2.05, 4.69) is 5.32 Å². The van der Waals surface area contributed by atoms with Crippen molar-refractivity contribution in [2.45, 2.75) is 0 Å². The maximum Gasteiger partial charge on any atom is 0.344 e. The highest BCUT2D eigenvalue weighted by molar-refractivity contribution is 6.12. The lowest BCUT2D eigenvalue weighted by Crippen LogP contribution is -2.12. The van der Waals surface area contributed by atoms with Gasteiger partial charge in [0.15, 0.2) is 5.57 Å². The van der Waals surface area contributed by atoms with Crippen LogP contribution in [0.15, 0.2) is 36.0 Å². The third-order valence-corrected chi connectivity index (χ3v) is 1.69. The topological polar surface area (TPSA) is 86.6 Å². The molecule has 0 radical (unpaired) electrons. The first-order valence-electron chi connectivity index (χ1n) is 4.19. The molecule has 0 aliphatic heterocycles. The number of anilines is 1. The normalized spacial score (nSPS) is 9.31. The maximum atomic E-state index is 12.5. The van der Waals surface area contributed by atoms with E-state index in [1.165, 1.54) is 12.1 Å². The predicted molar refractivity (Wildman–Crippen MR) is 53.4 cm³/mol. The minimum atomic E-state index is -1.55. The van der Waals surface area contributed by atoms with E-state index in [0.29, 0.717) is 5.69 Å². The first-order chi connectivity index (χ1) is 7.50. The Morgan fingerprint density at radius 1 is 1.12 bits per heavy atom. The molecule has 0 amide bonds. The Morgan fingerprint density at radius 2 is 1.62 bits per heavy atom. The van der Waals surface area contributed by atoms with Crippen LogP contribution >= 0.6 is 0 Å². The van der Waals surface area contributed by atoms with Crippen molar-refractivity contribution in [3.63, 3.8) is 0 Å². The van der Waals surface area contributed by atoms with Crippen LogP contribution in [0, 0.1) is 5.82 Å². The van der Waals surface area contributed by atoms with E-state index in [9.17, 15) is 14.0 Å². The van der Waals surface area contributed by atoms with Gasteiger partial charge in [0.2, 0.25) is 0 Å². The summed E-state index contributed by atoms with van der Waals surface area (Å²) < 4.78 is 12.5. The second-order valence-electron chi connectivity index (χ2n) is 2.82. The standard InChI is InChI=1S/C10H8FNO4/c11-6-1-3-7(4-2-6)12-5-8(9(13)14)10(15)16/h1-5,12H,(H,13,14)(H,15,16). The summed E-state index contributed by atoms with van der Waals surface area (Å²) in [4.78, 5) is 20.9. The number of nitrogens with one attached hydrogen (secondary N) is 1. The van der Waals surface area contributed by atoms with Gasteiger partial charge in [0, 0.05) is 11.9 Å². The minimum absolute atomic E-state index is 0.390. The summed E-state index contributed by atoms with van der Waals surface area (Å²) in [7, 11) is 0. The third kappa shape index (κ3) is 3.09. The lowest BCUT2D eigenvalue weighted by Gasteiger charge is -2.01. The minimum Gasteiger partial charge on any atom is -0.477 e. The average Bonchev–Trinajstić information content (AvgIpc) is 2.20. The number of hydrogen-bond acceptors (Lipinski definition) is 3. The molecule has 5 nitrogen and oxygen atoms in total. The molecule has 3 N–H and O–H groups in total. The van der Waals surface area contributed by atoms with Crippen molar-refractivity contribution in [1.82, 2.24) is 0 Å². The number of aliphatic carboxylic acids is 2. The Bertz CT molecular complexity index is 423. The van der Waals surface area contributed by atoms with Crippen LogP contribution < -0.4 is 5.32 Å². The molecule has 0 unspecified atom stereocenters.